The Balaban J connectivity index is 2.27. The maximum atomic E-state index is 13.6. The topological polar surface area (TPSA) is 75.6 Å². The first-order chi connectivity index (χ1) is 11.4. The quantitative estimate of drug-likeness (QED) is 0.407. The monoisotopic (exact) mass is 419 g/mol. The third-order valence-corrected chi connectivity index (χ3v) is 3.93. The smallest absolute Gasteiger partial charge is 0.259 e. The molecule has 2 aromatic rings. The van der Waals surface area contributed by atoms with E-state index in [1.165, 1.54) is 18.2 Å². The van der Waals surface area contributed by atoms with Crippen LogP contribution in [-0.4, -0.2) is 19.9 Å². The summed E-state index contributed by atoms with van der Waals surface area (Å²) < 4.78 is 54.0. The lowest BCUT2D eigenvalue weighted by molar-refractivity contribution is 0.102. The highest BCUT2D eigenvalue weighted by molar-refractivity contribution is 9.09. The molecule has 0 bridgehead atoms. The Bertz CT molecular complexity index is 788. The molecular formula is C15H12BrF2NO4S. The first-order valence-corrected chi connectivity index (χ1v) is 8.81. The van der Waals surface area contributed by atoms with Gasteiger partial charge in [0.15, 0.2) is 17.3 Å². The summed E-state index contributed by atoms with van der Waals surface area (Å²) in [5.74, 6) is -1.98. The van der Waals surface area contributed by atoms with Crippen LogP contribution in [0.25, 0.3) is 0 Å². The molecule has 0 aliphatic heterocycles. The number of hydrogen-bond acceptors (Lipinski definition) is 3. The summed E-state index contributed by atoms with van der Waals surface area (Å²) in [7, 11) is 0. The van der Waals surface area contributed by atoms with E-state index < -0.39 is 22.9 Å². The normalized spacial score (nSPS) is 11.8. The lowest BCUT2D eigenvalue weighted by Gasteiger charge is -2.13. The number of nitrogens with one attached hydrogen (secondary N) is 1. The highest BCUT2D eigenvalue weighted by Gasteiger charge is 2.12. The first kappa shape index (κ1) is 18.5. The average molecular weight is 420 g/mol. The molecule has 2 N–H and O–H groups in total. The van der Waals surface area contributed by atoms with Gasteiger partial charge in [0.05, 0.1) is 11.0 Å². The maximum Gasteiger partial charge on any atom is 0.259 e. The van der Waals surface area contributed by atoms with Gasteiger partial charge in [0.25, 0.3) is 11.3 Å². The Labute approximate surface area is 147 Å². The van der Waals surface area contributed by atoms with Crippen molar-refractivity contribution in [2.45, 2.75) is 6.61 Å². The number of carbonyl (C=O) groups excluding carboxylic acids is 1. The van der Waals surface area contributed by atoms with Gasteiger partial charge in [0.1, 0.15) is 12.4 Å². The number of anilines is 1. The molecule has 1 atom stereocenters. The van der Waals surface area contributed by atoms with Crippen LogP contribution in [0.1, 0.15) is 15.9 Å². The molecule has 0 amide bonds. The molecule has 0 radical (unpaired) electrons. The van der Waals surface area contributed by atoms with Gasteiger partial charge in [0.2, 0.25) is 0 Å². The minimum absolute atomic E-state index is 0.110. The van der Waals surface area contributed by atoms with E-state index in [4.69, 9.17) is 9.29 Å². The Morgan fingerprint density at radius 2 is 2.00 bits per heavy atom. The molecule has 0 spiro atoms. The van der Waals surface area contributed by atoms with Crippen molar-refractivity contribution >= 4 is 38.7 Å². The molecule has 0 aliphatic carbocycles. The first-order valence-electron chi connectivity index (χ1n) is 6.58. The molecule has 1 unspecified atom stereocenters. The van der Waals surface area contributed by atoms with E-state index in [0.717, 1.165) is 12.1 Å². The van der Waals surface area contributed by atoms with Crippen LogP contribution in [0.5, 0.6) is 5.75 Å². The van der Waals surface area contributed by atoms with Gasteiger partial charge in [-0.15, -0.1) is 0 Å². The highest BCUT2D eigenvalue weighted by Crippen LogP contribution is 2.23. The molecule has 9 heteroatoms. The maximum absolute atomic E-state index is 13.6. The Hall–Kier alpha value is -1.84. The molecule has 0 saturated carbocycles. The van der Waals surface area contributed by atoms with Gasteiger partial charge in [-0.25, -0.2) is 13.0 Å². The van der Waals surface area contributed by atoms with Crippen LogP contribution >= 0.6 is 15.9 Å². The number of halogens is 3. The SMILES string of the molecule is O=C(CBr)c1ccc(NS(=O)O)c(COc2ccc(F)cc2F)c1. The van der Waals surface area contributed by atoms with E-state index in [9.17, 15) is 17.8 Å². The minimum Gasteiger partial charge on any atom is -0.486 e. The zero-order valence-electron chi connectivity index (χ0n) is 12.1. The van der Waals surface area contributed by atoms with Crippen molar-refractivity contribution in [2.24, 2.45) is 0 Å². The van der Waals surface area contributed by atoms with Crippen LogP contribution in [0.4, 0.5) is 14.5 Å². The fourth-order valence-corrected chi connectivity index (χ4v) is 2.62. The predicted octanol–water partition coefficient (Wildman–Crippen LogP) is 3.67. The van der Waals surface area contributed by atoms with Crippen LogP contribution in [0.2, 0.25) is 0 Å². The van der Waals surface area contributed by atoms with Crippen molar-refractivity contribution in [3.8, 4) is 5.75 Å². The largest absolute Gasteiger partial charge is 0.486 e. The van der Waals surface area contributed by atoms with E-state index in [-0.39, 0.29) is 29.2 Å². The van der Waals surface area contributed by atoms with Crippen molar-refractivity contribution in [1.29, 1.82) is 0 Å². The third kappa shape index (κ3) is 4.83. The number of Topliss-reactive ketones (excluding diaryl/α,β-unsaturated/α-hetero) is 1. The Morgan fingerprint density at radius 1 is 1.25 bits per heavy atom. The van der Waals surface area contributed by atoms with Crippen LogP contribution in [0.15, 0.2) is 36.4 Å². The number of rotatable bonds is 7. The zero-order chi connectivity index (χ0) is 17.7. The van der Waals surface area contributed by atoms with E-state index >= 15 is 0 Å². The van der Waals surface area contributed by atoms with Crippen LogP contribution in [0, 0.1) is 11.6 Å². The molecule has 2 rings (SSSR count). The predicted molar refractivity (Wildman–Crippen MR) is 89.7 cm³/mol. The molecule has 2 aromatic carbocycles. The van der Waals surface area contributed by atoms with Crippen molar-refractivity contribution in [3.05, 3.63) is 59.2 Å². The van der Waals surface area contributed by atoms with Gasteiger partial charge >= 0.3 is 0 Å². The third-order valence-electron chi connectivity index (χ3n) is 3.02. The van der Waals surface area contributed by atoms with E-state index in [1.54, 1.807) is 0 Å². The lowest BCUT2D eigenvalue weighted by atomic mass is 10.1. The molecular weight excluding hydrogens is 408 g/mol. The number of ether oxygens (including phenoxy) is 1. The standard InChI is InChI=1S/C15H12BrF2NO4S/c16-7-14(20)9-1-3-13(19-24(21)22)10(5-9)8-23-15-4-2-11(17)6-12(15)18/h1-6,19H,7-8H2,(H,21,22). The molecule has 0 aromatic heterocycles. The fourth-order valence-electron chi connectivity index (χ4n) is 1.91. The second-order valence-corrected chi connectivity index (χ2v) is 5.91. The molecule has 24 heavy (non-hydrogen) atoms. The van der Waals surface area contributed by atoms with Crippen LogP contribution in [0.3, 0.4) is 0 Å². The molecule has 5 nitrogen and oxygen atoms in total. The van der Waals surface area contributed by atoms with Gasteiger partial charge in [0, 0.05) is 17.2 Å². The molecule has 0 fully saturated rings. The fraction of sp³-hybridized carbons (Fsp3) is 0.133. The van der Waals surface area contributed by atoms with Gasteiger partial charge < -0.3 is 4.74 Å². The van der Waals surface area contributed by atoms with Gasteiger partial charge in [-0.2, -0.15) is 0 Å². The summed E-state index contributed by atoms with van der Waals surface area (Å²) >= 11 is 0.732. The van der Waals surface area contributed by atoms with E-state index in [1.807, 2.05) is 0 Å². The lowest BCUT2D eigenvalue weighted by Crippen LogP contribution is -2.09. The summed E-state index contributed by atoms with van der Waals surface area (Å²) in [6.07, 6.45) is 0. The van der Waals surface area contributed by atoms with Crippen LogP contribution < -0.4 is 9.46 Å². The van der Waals surface area contributed by atoms with Gasteiger partial charge in [-0.1, -0.05) is 15.9 Å². The average Bonchev–Trinajstić information content (AvgIpc) is 2.54. The summed E-state index contributed by atoms with van der Waals surface area (Å²) in [5.41, 5.74) is 0.983. The van der Waals surface area contributed by atoms with Crippen LogP contribution in [-0.2, 0) is 17.9 Å². The molecule has 128 valence electrons. The van der Waals surface area contributed by atoms with Crippen molar-refractivity contribution in [2.75, 3.05) is 10.1 Å². The zero-order valence-corrected chi connectivity index (χ0v) is 14.5. The number of hydrogen-bond donors (Lipinski definition) is 2. The molecule has 0 saturated heterocycles. The number of carbonyl (C=O) groups is 1. The number of ketones is 1. The van der Waals surface area contributed by atoms with Gasteiger partial charge in [-0.05, 0) is 30.3 Å². The van der Waals surface area contributed by atoms with E-state index in [2.05, 4.69) is 20.7 Å². The van der Waals surface area contributed by atoms with E-state index in [0.29, 0.717) is 17.2 Å². The Morgan fingerprint density at radius 3 is 2.62 bits per heavy atom. The minimum atomic E-state index is -2.32. The summed E-state index contributed by atoms with van der Waals surface area (Å²) in [6, 6.07) is 7.27. The highest BCUT2D eigenvalue weighted by atomic mass is 79.9. The number of benzene rings is 2. The summed E-state index contributed by atoms with van der Waals surface area (Å²) in [6.45, 7) is -0.189. The van der Waals surface area contributed by atoms with Crippen molar-refractivity contribution in [1.82, 2.24) is 0 Å². The van der Waals surface area contributed by atoms with Crippen molar-refractivity contribution < 1.29 is 27.1 Å². The Kier molecular flexibility index (Phi) is 6.41. The van der Waals surface area contributed by atoms with Gasteiger partial charge in [-0.3, -0.25) is 14.1 Å². The van der Waals surface area contributed by atoms with Crippen molar-refractivity contribution in [3.63, 3.8) is 0 Å². The number of alkyl halides is 1. The molecule has 0 heterocycles. The summed E-state index contributed by atoms with van der Waals surface area (Å²) in [5, 5.41) is 0.110. The second-order valence-electron chi connectivity index (χ2n) is 4.64. The summed E-state index contributed by atoms with van der Waals surface area (Å²) in [4.78, 5) is 11.7. The second kappa shape index (κ2) is 8.32. The molecule has 0 aliphatic rings.